The maximum Gasteiger partial charge on any atom is 0.411 e. The number of hydrogen-bond acceptors (Lipinski definition) is 28. The maximum absolute atomic E-state index is 14.5. The van der Waals surface area contributed by atoms with Crippen molar-refractivity contribution in [2.75, 3.05) is 61.1 Å². The average molecular weight is 1420 g/mol. The van der Waals surface area contributed by atoms with Crippen molar-refractivity contribution < 1.29 is 111 Å². The molecule has 4 aliphatic heterocycles. The van der Waals surface area contributed by atoms with Crippen molar-refractivity contribution in [3.05, 3.63) is 49.8 Å². The van der Waals surface area contributed by atoms with Crippen molar-refractivity contribution in [2.45, 2.75) is 188 Å². The van der Waals surface area contributed by atoms with E-state index >= 15 is 0 Å². The third kappa shape index (κ3) is 17.1. The topological polar surface area (TPSA) is 335 Å². The number of rotatable bonds is 24. The summed E-state index contributed by atoms with van der Waals surface area (Å²) in [4.78, 5) is 60.3. The van der Waals surface area contributed by atoms with Gasteiger partial charge in [0.1, 0.15) is 41.9 Å². The molecule has 89 heavy (non-hydrogen) atoms. The number of carbonyl (C=O) groups excluding carboxylic acids is 4. The normalized spacial score (nSPS) is 34.9. The van der Waals surface area contributed by atoms with Gasteiger partial charge in [-0.05, 0) is 88.4 Å². The maximum atomic E-state index is 14.5. The molecule has 1 unspecified atom stereocenters. The van der Waals surface area contributed by atoms with Crippen LogP contribution in [0.5, 0.6) is 17.2 Å². The van der Waals surface area contributed by atoms with Gasteiger partial charge >= 0.3 is 12.1 Å². The van der Waals surface area contributed by atoms with Crippen molar-refractivity contribution in [2.24, 2.45) is 0 Å². The van der Waals surface area contributed by atoms with E-state index in [0.29, 0.717) is 15.7 Å². The molecule has 1 aromatic carbocycles. The van der Waals surface area contributed by atoms with Gasteiger partial charge in [0.25, 0.3) is 0 Å². The predicted molar refractivity (Wildman–Crippen MR) is 332 cm³/mol. The summed E-state index contributed by atoms with van der Waals surface area (Å²) in [7, 11) is 9.21. The number of esters is 1. The van der Waals surface area contributed by atoms with Crippen LogP contribution in [0.3, 0.4) is 0 Å². The van der Waals surface area contributed by atoms with Crippen LogP contribution in [-0.2, 0) is 61.8 Å². The first kappa shape index (κ1) is 72.6. The quantitative estimate of drug-likeness (QED) is 0.0184. The number of thioether (sulfide) groups is 1. The predicted octanol–water partition coefficient (Wildman–Crippen LogP) is 2.87. The van der Waals surface area contributed by atoms with E-state index in [2.05, 4.69) is 39.8 Å². The van der Waals surface area contributed by atoms with Gasteiger partial charge < -0.3 is 92.4 Å². The number of methoxy groups -OCH3 is 5. The summed E-state index contributed by atoms with van der Waals surface area (Å²) in [6, 6.07) is -1.33. The molecule has 1 amide bonds. The van der Waals surface area contributed by atoms with E-state index in [1.165, 1.54) is 55.1 Å². The number of ketones is 1. The molecule has 7 rings (SSSR count). The van der Waals surface area contributed by atoms with Crippen molar-refractivity contribution in [1.29, 1.82) is 0 Å². The van der Waals surface area contributed by atoms with Crippen LogP contribution in [0.15, 0.2) is 35.1 Å². The Kier molecular flexibility index (Phi) is 27.2. The SMILES string of the molecule is CCN[C@H]1CO[C@@H](O[C@H]2[C@H](O[C@H]3C#C/C=C\C#C[C@]4(O)CC(=O)C(NC(=O)OC)=C3/C4=C\CSSC(C)C(=O)OCC)O[C@H](C)[C@@H](NO[C@H]3C[C@H](O)[C@H](SC(=O)c4c(C)c(I)c(O[C@@H]5O[C@@H](C)[C@H](O)[C@@H](OC)[C@H]5O)c(OC)c4OC)[C@@H](C)O3)[C@@H]2O)C[C@@H]1OC. The summed E-state index contributed by atoms with van der Waals surface area (Å²) in [6.07, 6.45) is -14.6. The number of ether oxygens (including phenoxy) is 13. The number of amides is 1. The largest absolute Gasteiger partial charge is 0.492 e. The van der Waals surface area contributed by atoms with Crippen LogP contribution in [0.25, 0.3) is 0 Å². The van der Waals surface area contributed by atoms with Crippen LogP contribution in [0.2, 0.25) is 0 Å². The van der Waals surface area contributed by atoms with Crippen LogP contribution in [0.1, 0.15) is 76.7 Å². The molecule has 0 saturated carbocycles. The molecule has 30 heteroatoms. The number of benzene rings is 1. The number of Topliss-reactive ketones (excluding diaryl/α,β-unsaturated/α-hetero) is 1. The molecular weight excluding hydrogens is 1340 g/mol. The van der Waals surface area contributed by atoms with Crippen molar-refractivity contribution in [1.82, 2.24) is 16.1 Å². The van der Waals surface area contributed by atoms with E-state index in [1.807, 2.05) is 29.5 Å². The molecule has 4 saturated heterocycles. The Balaban J connectivity index is 1.13. The molecule has 0 radical (unpaired) electrons. The minimum atomic E-state index is -2.16. The summed E-state index contributed by atoms with van der Waals surface area (Å²) >= 11 is 2.81. The number of fused-ring (bicyclic) bond motifs is 2. The smallest absolute Gasteiger partial charge is 0.411 e. The molecule has 4 fully saturated rings. The van der Waals surface area contributed by atoms with Gasteiger partial charge in [-0.2, -0.15) is 5.48 Å². The van der Waals surface area contributed by atoms with Gasteiger partial charge in [-0.1, -0.05) is 70.0 Å². The first-order chi connectivity index (χ1) is 42.5. The molecule has 494 valence electrons. The van der Waals surface area contributed by atoms with Gasteiger partial charge in [0.2, 0.25) is 17.2 Å². The van der Waals surface area contributed by atoms with Crippen LogP contribution >= 0.6 is 55.9 Å². The standard InChI is InChI=1S/C59H80IN3O23S3/c1-13-61-33-26-79-38(24-37(33)73-8)84-51-46(67)43(28(4)81-57(51)83-36-19-17-15-16-18-21-59(72)25-35(65)44(62-58(71)77-12)41(36)32(59)20-22-87-89-31(7)54(69)78-14-2)63-86-39-23-34(64)53(30(6)80-39)88-55(70)40-27(3)42(60)49(52(76-11)48(40)74-9)85-56-47(68)50(75-10)45(66)29(5)82-56/h15-16,20,28-31,33-34,36-39,43,45-47,50-51,53,56-57,61,63-64,66-68,72H,13-14,22-26H2,1-12H3,(H,62,71)/b16-15-,32-20+/t28-,29+,30-,31?,33+,34+,36+,37+,38+,39+,43-,45+,46+,47-,50-,51-,53-,56+,57+,59+/m1/s1. The Morgan fingerprint density at radius 3 is 2.26 bits per heavy atom. The van der Waals surface area contributed by atoms with Gasteiger partial charge in [-0.15, -0.1) is 0 Å². The Morgan fingerprint density at radius 2 is 1.60 bits per heavy atom. The second-order valence-electron chi connectivity index (χ2n) is 21.3. The van der Waals surface area contributed by atoms with E-state index in [9.17, 15) is 44.7 Å². The van der Waals surface area contributed by atoms with E-state index in [-0.39, 0.29) is 77.5 Å². The zero-order chi connectivity index (χ0) is 65.0. The Hall–Kier alpha value is -3.82. The third-order valence-corrected chi connectivity index (χ3v) is 20.8. The van der Waals surface area contributed by atoms with E-state index in [1.54, 1.807) is 54.7 Å². The zero-order valence-electron chi connectivity index (χ0n) is 51.3. The number of aliphatic hydroxyl groups is 5. The summed E-state index contributed by atoms with van der Waals surface area (Å²) in [5.41, 5.74) is 0.917. The van der Waals surface area contributed by atoms with Crippen molar-refractivity contribution in [3.8, 4) is 40.9 Å². The summed E-state index contributed by atoms with van der Waals surface area (Å²) in [6.45, 7) is 12.9. The Labute approximate surface area is 543 Å². The summed E-state index contributed by atoms with van der Waals surface area (Å²) in [5, 5.41) is 62.3. The van der Waals surface area contributed by atoms with Gasteiger partial charge in [0, 0.05) is 44.0 Å². The second-order valence-corrected chi connectivity index (χ2v) is 26.3. The molecule has 0 spiro atoms. The number of likely N-dealkylation sites (N-methyl/N-ethyl adjacent to an activating group) is 1. The highest BCUT2D eigenvalue weighted by atomic mass is 127. The fourth-order valence-corrected chi connectivity index (χ4v) is 14.6. The zero-order valence-corrected chi connectivity index (χ0v) is 55.9. The number of halogens is 1. The molecule has 8 N–H and O–H groups in total. The first-order valence-corrected chi connectivity index (χ1v) is 33.2. The highest BCUT2D eigenvalue weighted by Crippen LogP contribution is 2.49. The minimum Gasteiger partial charge on any atom is -0.492 e. The monoisotopic (exact) mass is 1420 g/mol. The lowest BCUT2D eigenvalue weighted by Crippen LogP contribution is -2.65. The van der Waals surface area contributed by atoms with E-state index in [0.717, 1.165) is 18.9 Å². The molecule has 0 aromatic heterocycles. The van der Waals surface area contributed by atoms with E-state index < -0.39 is 144 Å². The highest BCUT2D eigenvalue weighted by molar-refractivity contribution is 14.1. The van der Waals surface area contributed by atoms with Crippen LogP contribution < -0.4 is 30.3 Å². The number of carbonyl (C=O) groups is 4. The molecule has 26 nitrogen and oxygen atoms in total. The van der Waals surface area contributed by atoms with Crippen molar-refractivity contribution in [3.63, 3.8) is 0 Å². The molecule has 1 aromatic rings. The highest BCUT2D eigenvalue weighted by Gasteiger charge is 2.52. The first-order valence-electron chi connectivity index (χ1n) is 28.8. The molecular formula is C59H80IN3O23S3. The number of alkyl carbamates (subject to hydrolysis) is 1. The van der Waals surface area contributed by atoms with Gasteiger partial charge in [0.05, 0.1) is 104 Å². The number of hydrogen-bond donors (Lipinski definition) is 8. The van der Waals surface area contributed by atoms with Crippen molar-refractivity contribution >= 4 is 78.9 Å². The van der Waals surface area contributed by atoms with Crippen LogP contribution in [-0.4, -0.2) is 230 Å². The second kappa shape index (κ2) is 33.3. The molecule has 2 bridgehead atoms. The number of aliphatic hydroxyl groups excluding tert-OH is 4. The fraction of sp³-hybridized carbons (Fsp3) is 0.661. The number of hydroxylamine groups is 1. The lowest BCUT2D eigenvalue weighted by atomic mass is 9.75. The van der Waals surface area contributed by atoms with E-state index in [4.69, 9.17) is 66.4 Å². The van der Waals surface area contributed by atoms with Gasteiger partial charge in [0.15, 0.2) is 41.8 Å². The van der Waals surface area contributed by atoms with Crippen LogP contribution in [0, 0.1) is 34.2 Å². The summed E-state index contributed by atoms with van der Waals surface area (Å²) in [5.74, 6) is 10.5. The lowest BCUT2D eigenvalue weighted by molar-refractivity contribution is -0.336. The molecule has 20 atom stereocenters. The van der Waals surface area contributed by atoms with Gasteiger partial charge in [-0.3, -0.25) is 24.5 Å². The molecule has 2 aliphatic carbocycles. The third-order valence-electron chi connectivity index (χ3n) is 15.5. The lowest BCUT2D eigenvalue weighted by Gasteiger charge is -2.46. The van der Waals surface area contributed by atoms with Gasteiger partial charge in [-0.25, -0.2) is 4.79 Å². The average Bonchev–Trinajstić information content (AvgIpc) is 1.01. The minimum absolute atomic E-state index is 0.0159. The summed E-state index contributed by atoms with van der Waals surface area (Å²) < 4.78 is 77.8. The number of nitrogens with one attached hydrogen (secondary N) is 3. The number of allylic oxidation sites excluding steroid dienone is 3. The Morgan fingerprint density at radius 1 is 0.876 bits per heavy atom. The fourth-order valence-electron chi connectivity index (χ4n) is 10.9. The van der Waals surface area contributed by atoms with Crippen LogP contribution in [0.4, 0.5) is 4.79 Å². The molecule has 6 aliphatic rings. The molecule has 4 heterocycles. The Bertz CT molecular complexity index is 2890.